The molecule has 3 aromatic carbocycles. The van der Waals surface area contributed by atoms with Crippen molar-refractivity contribution in [2.75, 3.05) is 46.0 Å². The van der Waals surface area contributed by atoms with Crippen molar-refractivity contribution in [3.8, 4) is 11.5 Å². The number of carbonyl (C=O) groups is 1. The minimum absolute atomic E-state index is 0.116. The fourth-order valence-electron chi connectivity index (χ4n) is 5.74. The van der Waals surface area contributed by atoms with Crippen molar-refractivity contribution < 1.29 is 23.4 Å². The Morgan fingerprint density at radius 2 is 1.64 bits per heavy atom. The molecule has 0 radical (unpaired) electrons. The van der Waals surface area contributed by atoms with Gasteiger partial charge in [0.2, 0.25) is 5.76 Å². The highest BCUT2D eigenvalue weighted by Gasteiger charge is 2.43. The largest absolute Gasteiger partial charge is 0.490 e. The maximum Gasteiger partial charge on any atom is 0.290 e. The molecular weight excluding hydrogens is 532 g/mol. The van der Waals surface area contributed by atoms with Gasteiger partial charge in [-0.2, -0.15) is 0 Å². The first-order valence-corrected chi connectivity index (χ1v) is 14.6. The number of fused-ring (bicyclic) bond motifs is 2. The van der Waals surface area contributed by atoms with E-state index in [2.05, 4.69) is 4.90 Å². The van der Waals surface area contributed by atoms with Crippen LogP contribution >= 0.6 is 0 Å². The highest BCUT2D eigenvalue weighted by atomic mass is 16.5. The molecule has 0 spiro atoms. The number of morpholine rings is 1. The minimum atomic E-state index is -0.613. The number of hydrogen-bond donors (Lipinski definition) is 0. The second-order valence-corrected chi connectivity index (χ2v) is 10.9. The molecule has 0 N–H and O–H groups in total. The lowest BCUT2D eigenvalue weighted by molar-refractivity contribution is 0.0314. The molecule has 42 heavy (non-hydrogen) atoms. The third-order valence-corrected chi connectivity index (χ3v) is 8.16. The molecule has 0 bridgehead atoms. The van der Waals surface area contributed by atoms with Gasteiger partial charge in [0.25, 0.3) is 5.91 Å². The molecule has 1 atom stereocenters. The Balaban J connectivity index is 1.41. The average Bonchev–Trinajstić information content (AvgIpc) is 3.29. The van der Waals surface area contributed by atoms with Gasteiger partial charge in [-0.15, -0.1) is 0 Å². The summed E-state index contributed by atoms with van der Waals surface area (Å²) in [5.41, 5.74) is 4.45. The molecule has 8 heteroatoms. The van der Waals surface area contributed by atoms with Crippen LogP contribution in [0, 0.1) is 13.8 Å². The van der Waals surface area contributed by atoms with Gasteiger partial charge in [0.15, 0.2) is 16.9 Å². The van der Waals surface area contributed by atoms with E-state index in [1.165, 1.54) is 0 Å². The Morgan fingerprint density at radius 3 is 2.40 bits per heavy atom. The molecule has 2 aliphatic rings. The number of benzene rings is 3. The van der Waals surface area contributed by atoms with Crippen LogP contribution in [0.3, 0.4) is 0 Å². The summed E-state index contributed by atoms with van der Waals surface area (Å²) in [6.45, 7) is 10.8. The van der Waals surface area contributed by atoms with Crippen molar-refractivity contribution in [2.45, 2.75) is 33.4 Å². The van der Waals surface area contributed by atoms with E-state index in [4.69, 9.17) is 18.6 Å². The van der Waals surface area contributed by atoms with E-state index in [0.29, 0.717) is 67.5 Å². The van der Waals surface area contributed by atoms with Crippen LogP contribution in [0.25, 0.3) is 11.0 Å². The third-order valence-electron chi connectivity index (χ3n) is 8.16. The Labute approximate surface area is 245 Å². The summed E-state index contributed by atoms with van der Waals surface area (Å²) in [6.07, 6.45) is 0. The van der Waals surface area contributed by atoms with Crippen molar-refractivity contribution in [1.82, 2.24) is 9.80 Å². The zero-order valence-electron chi connectivity index (χ0n) is 24.4. The van der Waals surface area contributed by atoms with E-state index in [9.17, 15) is 9.59 Å². The molecule has 0 aliphatic carbocycles. The van der Waals surface area contributed by atoms with Crippen LogP contribution < -0.4 is 14.9 Å². The van der Waals surface area contributed by atoms with Crippen LogP contribution in [0.15, 0.2) is 69.9 Å². The first-order chi connectivity index (χ1) is 20.4. The van der Waals surface area contributed by atoms with Gasteiger partial charge >= 0.3 is 0 Å². The van der Waals surface area contributed by atoms with Crippen molar-refractivity contribution >= 4 is 16.9 Å². The van der Waals surface area contributed by atoms with Gasteiger partial charge in [0, 0.05) is 26.2 Å². The zero-order chi connectivity index (χ0) is 29.2. The van der Waals surface area contributed by atoms with Crippen LogP contribution in [0.5, 0.6) is 11.5 Å². The third kappa shape index (κ3) is 5.40. The number of nitrogens with zero attached hydrogens (tertiary/aromatic N) is 2. The lowest BCUT2D eigenvalue weighted by atomic mass is 9.97. The maximum atomic E-state index is 14.1. The van der Waals surface area contributed by atoms with Gasteiger partial charge in [0.1, 0.15) is 12.2 Å². The molecule has 6 rings (SSSR count). The molecule has 4 aromatic rings. The fourth-order valence-corrected chi connectivity index (χ4v) is 5.74. The second-order valence-electron chi connectivity index (χ2n) is 10.9. The summed E-state index contributed by atoms with van der Waals surface area (Å²) in [6, 6.07) is 18.7. The van der Waals surface area contributed by atoms with Crippen molar-refractivity contribution in [3.63, 3.8) is 0 Å². The summed E-state index contributed by atoms with van der Waals surface area (Å²) in [5, 5.41) is 0.484. The van der Waals surface area contributed by atoms with Gasteiger partial charge < -0.3 is 23.5 Å². The van der Waals surface area contributed by atoms with Crippen LogP contribution in [0.2, 0.25) is 0 Å². The number of rotatable bonds is 9. The van der Waals surface area contributed by atoms with Crippen molar-refractivity contribution in [1.29, 1.82) is 0 Å². The van der Waals surface area contributed by atoms with Gasteiger partial charge in [0.05, 0.1) is 36.8 Å². The predicted octanol–water partition coefficient (Wildman–Crippen LogP) is 5.26. The molecule has 1 fully saturated rings. The number of hydrogen-bond acceptors (Lipinski definition) is 7. The van der Waals surface area contributed by atoms with Crippen LogP contribution in [-0.2, 0) is 11.3 Å². The molecule has 1 aromatic heterocycles. The van der Waals surface area contributed by atoms with Gasteiger partial charge in [-0.3, -0.25) is 14.5 Å². The first kappa shape index (κ1) is 28.0. The summed E-state index contributed by atoms with van der Waals surface area (Å²) in [4.78, 5) is 32.1. The van der Waals surface area contributed by atoms with E-state index in [0.717, 1.165) is 35.3 Å². The molecule has 0 saturated carbocycles. The topological polar surface area (TPSA) is 81.5 Å². The Morgan fingerprint density at radius 1 is 0.881 bits per heavy atom. The number of amides is 1. The molecule has 8 nitrogen and oxygen atoms in total. The number of carbonyl (C=O) groups excluding carboxylic acids is 1. The number of aryl methyl sites for hydroxylation is 2. The average molecular weight is 569 g/mol. The number of ether oxygens (including phenoxy) is 3. The lowest BCUT2D eigenvalue weighted by Gasteiger charge is -2.31. The standard InChI is InChI=1S/C34H36N2O6/c1-4-40-29-20-25(10-11-27(29)41-21-24-8-6-5-7-9-24)31-30-32(37)26-18-22(2)23(3)19-28(26)42-33(30)34(38)36(31)13-12-35-14-16-39-17-15-35/h5-11,18-20,31H,4,12-17,21H2,1-3H3. The highest BCUT2D eigenvalue weighted by Crippen LogP contribution is 2.41. The zero-order valence-corrected chi connectivity index (χ0v) is 24.4. The van der Waals surface area contributed by atoms with Crippen LogP contribution in [0.1, 0.15) is 51.3 Å². The lowest BCUT2D eigenvalue weighted by Crippen LogP contribution is -2.42. The summed E-state index contributed by atoms with van der Waals surface area (Å²) < 4.78 is 23.9. The Kier molecular flexibility index (Phi) is 8.00. The molecule has 218 valence electrons. The van der Waals surface area contributed by atoms with E-state index >= 15 is 0 Å². The second kappa shape index (κ2) is 12.0. The van der Waals surface area contributed by atoms with E-state index in [-0.39, 0.29) is 17.1 Å². The monoisotopic (exact) mass is 568 g/mol. The predicted molar refractivity (Wildman–Crippen MR) is 160 cm³/mol. The van der Waals surface area contributed by atoms with Crippen molar-refractivity contribution in [3.05, 3.63) is 104 Å². The molecule has 1 saturated heterocycles. The van der Waals surface area contributed by atoms with Gasteiger partial charge in [-0.1, -0.05) is 36.4 Å². The molecule has 1 unspecified atom stereocenters. The van der Waals surface area contributed by atoms with E-state index in [1.807, 2.05) is 81.4 Å². The highest BCUT2D eigenvalue weighted by molar-refractivity contribution is 5.99. The van der Waals surface area contributed by atoms with Crippen LogP contribution in [0.4, 0.5) is 0 Å². The van der Waals surface area contributed by atoms with Crippen LogP contribution in [-0.4, -0.2) is 61.7 Å². The molecular formula is C34H36N2O6. The molecule has 1 amide bonds. The smallest absolute Gasteiger partial charge is 0.290 e. The fraction of sp³-hybridized carbons (Fsp3) is 0.353. The Bertz CT molecular complexity index is 1660. The SMILES string of the molecule is CCOc1cc(C2c3c(oc4cc(C)c(C)cc4c3=O)C(=O)N2CCN2CCOCC2)ccc1OCc1ccccc1. The summed E-state index contributed by atoms with van der Waals surface area (Å²) >= 11 is 0. The molecule has 3 heterocycles. The Hall–Kier alpha value is -4.14. The summed E-state index contributed by atoms with van der Waals surface area (Å²) in [7, 11) is 0. The normalized spacial score (nSPS) is 17.1. The summed E-state index contributed by atoms with van der Waals surface area (Å²) in [5.74, 6) is 1.01. The van der Waals surface area contributed by atoms with Gasteiger partial charge in [-0.25, -0.2) is 0 Å². The first-order valence-electron chi connectivity index (χ1n) is 14.6. The van der Waals surface area contributed by atoms with E-state index in [1.54, 1.807) is 4.90 Å². The van der Waals surface area contributed by atoms with Gasteiger partial charge in [-0.05, 0) is 67.3 Å². The quantitative estimate of drug-likeness (QED) is 0.272. The molecule has 2 aliphatic heterocycles. The maximum absolute atomic E-state index is 14.1. The minimum Gasteiger partial charge on any atom is -0.490 e. The van der Waals surface area contributed by atoms with E-state index < -0.39 is 6.04 Å². The van der Waals surface area contributed by atoms with Crippen molar-refractivity contribution in [2.24, 2.45) is 0 Å².